The number of thiocarbonyl (C=S) groups is 1. The number of rotatable bonds is 7. The van der Waals surface area contributed by atoms with Crippen LogP contribution < -0.4 is 20.1 Å². The third-order valence-corrected chi connectivity index (χ3v) is 5.17. The Kier molecular flexibility index (Phi) is 6.67. The van der Waals surface area contributed by atoms with Gasteiger partial charge < -0.3 is 20.1 Å². The van der Waals surface area contributed by atoms with Crippen molar-refractivity contribution in [3.63, 3.8) is 0 Å². The topological polar surface area (TPSA) is 42.5 Å². The average Bonchev–Trinajstić information content (AvgIpc) is 3.09. The summed E-state index contributed by atoms with van der Waals surface area (Å²) in [5.41, 5.74) is 2.38. The van der Waals surface area contributed by atoms with Gasteiger partial charge in [0.25, 0.3) is 0 Å². The molecule has 0 saturated carbocycles. The zero-order chi connectivity index (χ0) is 17.5. The molecule has 0 aromatic heterocycles. The van der Waals surface area contributed by atoms with Crippen molar-refractivity contribution in [1.82, 2.24) is 10.6 Å². The van der Waals surface area contributed by atoms with Gasteiger partial charge in [-0.25, -0.2) is 0 Å². The first kappa shape index (κ1) is 18.2. The molecule has 0 radical (unpaired) electrons. The van der Waals surface area contributed by atoms with Crippen LogP contribution in [0.25, 0.3) is 0 Å². The van der Waals surface area contributed by atoms with Crippen molar-refractivity contribution in [1.29, 1.82) is 0 Å². The summed E-state index contributed by atoms with van der Waals surface area (Å²) >= 11 is 13.0. The lowest BCUT2D eigenvalue weighted by molar-refractivity contribution is 0.174. The molecule has 2 aromatic rings. The second kappa shape index (κ2) is 9.17. The lowest BCUT2D eigenvalue weighted by Gasteiger charge is -2.11. The molecular formula is C18H19ClN2O2S2. The summed E-state index contributed by atoms with van der Waals surface area (Å²) in [6.45, 7) is 1.77. The number of halogens is 1. The first-order valence-corrected chi connectivity index (χ1v) is 9.87. The quantitative estimate of drug-likeness (QED) is 0.547. The van der Waals surface area contributed by atoms with Crippen LogP contribution in [-0.4, -0.2) is 24.2 Å². The lowest BCUT2D eigenvalue weighted by Crippen LogP contribution is -2.36. The van der Waals surface area contributed by atoms with E-state index in [0.29, 0.717) is 18.5 Å². The number of ether oxygens (including phenoxy) is 2. The molecular weight excluding hydrogens is 376 g/mol. The molecule has 0 saturated heterocycles. The Morgan fingerprint density at radius 3 is 2.64 bits per heavy atom. The minimum absolute atomic E-state index is 0.292. The first-order chi connectivity index (χ1) is 12.2. The molecule has 25 heavy (non-hydrogen) atoms. The van der Waals surface area contributed by atoms with E-state index in [4.69, 9.17) is 33.3 Å². The van der Waals surface area contributed by atoms with Crippen LogP contribution in [-0.2, 0) is 12.3 Å². The third kappa shape index (κ3) is 5.70. The fourth-order valence-corrected chi connectivity index (χ4v) is 3.42. The molecule has 0 spiro atoms. The van der Waals surface area contributed by atoms with Crippen LogP contribution in [0.15, 0.2) is 42.5 Å². The van der Waals surface area contributed by atoms with Gasteiger partial charge in [0, 0.05) is 29.6 Å². The highest BCUT2D eigenvalue weighted by Crippen LogP contribution is 2.32. The minimum Gasteiger partial charge on any atom is -0.454 e. The van der Waals surface area contributed by atoms with E-state index in [1.54, 1.807) is 0 Å². The molecule has 132 valence electrons. The summed E-state index contributed by atoms with van der Waals surface area (Å²) < 4.78 is 10.7. The second-order valence-corrected chi connectivity index (χ2v) is 7.43. The number of hydrogen-bond acceptors (Lipinski definition) is 4. The Balaban J connectivity index is 1.30. The summed E-state index contributed by atoms with van der Waals surface area (Å²) in [7, 11) is 0. The van der Waals surface area contributed by atoms with Gasteiger partial charge in [-0.05, 0) is 47.6 Å². The zero-order valence-electron chi connectivity index (χ0n) is 13.6. The number of nitrogens with one attached hydrogen (secondary N) is 2. The van der Waals surface area contributed by atoms with Crippen LogP contribution >= 0.6 is 35.6 Å². The lowest BCUT2D eigenvalue weighted by atomic mass is 10.2. The van der Waals surface area contributed by atoms with Crippen molar-refractivity contribution in [3.8, 4) is 11.5 Å². The number of benzene rings is 2. The van der Waals surface area contributed by atoms with Crippen molar-refractivity contribution in [2.24, 2.45) is 0 Å². The van der Waals surface area contributed by atoms with Gasteiger partial charge in [0.05, 0.1) is 0 Å². The zero-order valence-corrected chi connectivity index (χ0v) is 16.0. The molecule has 7 heteroatoms. The summed E-state index contributed by atoms with van der Waals surface area (Å²) in [6, 6.07) is 13.9. The Morgan fingerprint density at radius 1 is 1.04 bits per heavy atom. The minimum atomic E-state index is 0.292. The fraction of sp³-hybridized carbons (Fsp3) is 0.278. The number of fused-ring (bicyclic) bond motifs is 1. The maximum absolute atomic E-state index is 5.88. The Hall–Kier alpha value is -1.63. The van der Waals surface area contributed by atoms with Crippen LogP contribution in [0.4, 0.5) is 0 Å². The van der Waals surface area contributed by atoms with Gasteiger partial charge in [-0.1, -0.05) is 29.8 Å². The molecule has 3 rings (SSSR count). The molecule has 0 amide bonds. The van der Waals surface area contributed by atoms with Gasteiger partial charge in [0.2, 0.25) is 6.79 Å². The highest BCUT2D eigenvalue weighted by atomic mass is 35.5. The molecule has 0 unspecified atom stereocenters. The van der Waals surface area contributed by atoms with Gasteiger partial charge in [0.15, 0.2) is 16.6 Å². The SMILES string of the molecule is S=C(NCCSCc1ccc(Cl)cc1)NCc1ccc2c(c1)OCO2. The Labute approximate surface area is 162 Å². The molecule has 0 atom stereocenters. The van der Waals surface area contributed by atoms with Crippen molar-refractivity contribution in [2.75, 3.05) is 19.1 Å². The predicted molar refractivity (Wildman–Crippen MR) is 108 cm³/mol. The highest BCUT2D eigenvalue weighted by Gasteiger charge is 2.12. The number of thioether (sulfide) groups is 1. The maximum atomic E-state index is 5.88. The maximum Gasteiger partial charge on any atom is 0.231 e. The van der Waals surface area contributed by atoms with Gasteiger partial charge in [-0.2, -0.15) is 11.8 Å². The van der Waals surface area contributed by atoms with E-state index in [1.807, 2.05) is 42.1 Å². The summed E-state index contributed by atoms with van der Waals surface area (Å²) in [6.07, 6.45) is 0. The molecule has 1 aliphatic heterocycles. The van der Waals surface area contributed by atoms with E-state index in [2.05, 4.69) is 22.8 Å². The molecule has 2 N–H and O–H groups in total. The normalized spacial score (nSPS) is 12.0. The van der Waals surface area contributed by atoms with Crippen molar-refractivity contribution in [2.45, 2.75) is 12.3 Å². The van der Waals surface area contributed by atoms with E-state index in [0.717, 1.165) is 40.1 Å². The van der Waals surface area contributed by atoms with Crippen molar-refractivity contribution < 1.29 is 9.47 Å². The van der Waals surface area contributed by atoms with Crippen LogP contribution in [0, 0.1) is 0 Å². The molecule has 0 aliphatic carbocycles. The third-order valence-electron chi connectivity index (χ3n) is 3.60. The Bertz CT molecular complexity index is 726. The second-order valence-electron chi connectivity index (χ2n) is 5.48. The highest BCUT2D eigenvalue weighted by molar-refractivity contribution is 7.98. The number of hydrogen-bond donors (Lipinski definition) is 2. The van der Waals surface area contributed by atoms with Crippen molar-refractivity contribution >= 4 is 40.7 Å². The van der Waals surface area contributed by atoms with Gasteiger partial charge in [0.1, 0.15) is 0 Å². The van der Waals surface area contributed by atoms with Crippen LogP contribution in [0.3, 0.4) is 0 Å². The van der Waals surface area contributed by atoms with Crippen LogP contribution in [0.5, 0.6) is 11.5 Å². The summed E-state index contributed by atoms with van der Waals surface area (Å²) in [4.78, 5) is 0. The van der Waals surface area contributed by atoms with E-state index in [1.165, 1.54) is 5.56 Å². The largest absolute Gasteiger partial charge is 0.454 e. The summed E-state index contributed by atoms with van der Waals surface area (Å²) in [5, 5.41) is 7.86. The molecule has 1 heterocycles. The summed E-state index contributed by atoms with van der Waals surface area (Å²) in [5.74, 6) is 3.53. The van der Waals surface area contributed by atoms with E-state index in [9.17, 15) is 0 Å². The molecule has 0 bridgehead atoms. The molecule has 1 aliphatic rings. The van der Waals surface area contributed by atoms with Gasteiger partial charge in [-0.15, -0.1) is 0 Å². The average molecular weight is 395 g/mol. The molecule has 2 aromatic carbocycles. The molecule has 0 fully saturated rings. The van der Waals surface area contributed by atoms with Crippen molar-refractivity contribution in [3.05, 3.63) is 58.6 Å². The standard InChI is InChI=1S/C18H19ClN2O2S2/c19-15-4-1-13(2-5-15)11-25-8-7-20-18(24)21-10-14-3-6-16-17(9-14)23-12-22-16/h1-6,9H,7-8,10-12H2,(H2,20,21,24). The van der Waals surface area contributed by atoms with Crippen LogP contribution in [0.2, 0.25) is 5.02 Å². The van der Waals surface area contributed by atoms with Gasteiger partial charge >= 0.3 is 0 Å². The molecule has 4 nitrogen and oxygen atoms in total. The monoisotopic (exact) mass is 394 g/mol. The Morgan fingerprint density at radius 2 is 1.80 bits per heavy atom. The fourth-order valence-electron chi connectivity index (χ4n) is 2.30. The smallest absolute Gasteiger partial charge is 0.231 e. The van der Waals surface area contributed by atoms with E-state index >= 15 is 0 Å². The first-order valence-electron chi connectivity index (χ1n) is 7.93. The van der Waals surface area contributed by atoms with Crippen LogP contribution in [0.1, 0.15) is 11.1 Å². The van der Waals surface area contributed by atoms with Gasteiger partial charge in [-0.3, -0.25) is 0 Å². The predicted octanol–water partition coefficient (Wildman–Crippen LogP) is 3.97. The van der Waals surface area contributed by atoms with E-state index < -0.39 is 0 Å². The van der Waals surface area contributed by atoms with E-state index in [-0.39, 0.29) is 0 Å².